The lowest BCUT2D eigenvalue weighted by Gasteiger charge is -2.18. The Morgan fingerprint density at radius 1 is 1.00 bits per heavy atom. The van der Waals surface area contributed by atoms with Gasteiger partial charge in [0.15, 0.2) is 0 Å². The van der Waals surface area contributed by atoms with Crippen molar-refractivity contribution in [2.45, 2.75) is 26.3 Å². The van der Waals surface area contributed by atoms with Crippen LogP contribution in [0.1, 0.15) is 30.8 Å². The van der Waals surface area contributed by atoms with E-state index >= 15 is 0 Å². The molecule has 0 radical (unpaired) electrons. The third-order valence-corrected chi connectivity index (χ3v) is 6.36. The second kappa shape index (κ2) is 15.9. The van der Waals surface area contributed by atoms with Gasteiger partial charge in [-0.2, -0.15) is 0 Å². The minimum absolute atomic E-state index is 0. The molecule has 1 heterocycles. The van der Waals surface area contributed by atoms with Crippen molar-refractivity contribution in [3.63, 3.8) is 0 Å². The average Bonchev–Trinajstić information content (AvgIpc) is 2.85. The maximum absolute atomic E-state index is 13.0. The van der Waals surface area contributed by atoms with Crippen LogP contribution in [0.3, 0.4) is 0 Å². The number of carbonyl (C=O) groups is 2. The van der Waals surface area contributed by atoms with E-state index in [1.165, 1.54) is 0 Å². The number of hydrogen-bond acceptors (Lipinski definition) is 5. The second-order valence-electron chi connectivity index (χ2n) is 9.26. The van der Waals surface area contributed by atoms with Crippen molar-refractivity contribution in [2.75, 3.05) is 27.2 Å². The predicted molar refractivity (Wildman–Crippen MR) is 162 cm³/mol. The first-order valence-electron chi connectivity index (χ1n) is 12.0. The van der Waals surface area contributed by atoms with Crippen LogP contribution in [0.4, 0.5) is 0 Å². The number of amides is 1. The number of hydrogen-bond donors (Lipinski definition) is 2. The molecule has 0 bridgehead atoms. The molecule has 0 spiro atoms. The summed E-state index contributed by atoms with van der Waals surface area (Å²) < 4.78 is 5.94. The highest BCUT2D eigenvalue weighted by atomic mass is 35.5. The summed E-state index contributed by atoms with van der Waals surface area (Å²) in [6, 6.07) is 14.9. The zero-order valence-electron chi connectivity index (χ0n) is 22.1. The molecule has 3 rings (SSSR count). The number of carbonyl (C=O) groups excluding carboxylic acids is 1. The highest BCUT2D eigenvalue weighted by Crippen LogP contribution is 2.37. The molecule has 0 aliphatic heterocycles. The molecule has 0 unspecified atom stereocenters. The molecule has 7 nitrogen and oxygen atoms in total. The van der Waals surface area contributed by atoms with Crippen LogP contribution < -0.4 is 10.1 Å². The third-order valence-electron chi connectivity index (χ3n) is 5.72. The molecule has 0 aliphatic carbocycles. The molecular weight excluding hydrogens is 584 g/mol. The molecule has 11 heteroatoms. The Labute approximate surface area is 251 Å². The monoisotopic (exact) mass is 615 g/mol. The lowest BCUT2D eigenvalue weighted by atomic mass is 9.98. The number of benzene rings is 2. The van der Waals surface area contributed by atoms with Gasteiger partial charge in [0, 0.05) is 28.3 Å². The van der Waals surface area contributed by atoms with Crippen molar-refractivity contribution in [2.24, 2.45) is 5.92 Å². The van der Waals surface area contributed by atoms with Crippen molar-refractivity contribution >= 4 is 59.9 Å². The highest BCUT2D eigenvalue weighted by molar-refractivity contribution is 6.33. The summed E-state index contributed by atoms with van der Waals surface area (Å²) in [6.07, 6.45) is 0.826. The summed E-state index contributed by atoms with van der Waals surface area (Å²) in [5, 5.41) is 13.1. The van der Waals surface area contributed by atoms with E-state index in [2.05, 4.69) is 15.2 Å². The first kappa shape index (κ1) is 34.5. The zero-order valence-corrected chi connectivity index (χ0v) is 25.3. The van der Waals surface area contributed by atoms with Crippen LogP contribution in [0.2, 0.25) is 10.0 Å². The molecule has 39 heavy (non-hydrogen) atoms. The maximum atomic E-state index is 13.0. The first-order valence-corrected chi connectivity index (χ1v) is 12.7. The molecule has 3 aromatic rings. The van der Waals surface area contributed by atoms with Crippen molar-refractivity contribution in [1.82, 2.24) is 15.2 Å². The van der Waals surface area contributed by atoms with Crippen molar-refractivity contribution in [3.8, 4) is 28.1 Å². The summed E-state index contributed by atoms with van der Waals surface area (Å²) in [5.41, 5.74) is 2.71. The molecule has 0 saturated carbocycles. The first-order chi connectivity index (χ1) is 17.6. The van der Waals surface area contributed by atoms with Gasteiger partial charge in [0.25, 0.3) is 5.91 Å². The summed E-state index contributed by atoms with van der Waals surface area (Å²) >= 11 is 12.9. The summed E-state index contributed by atoms with van der Waals surface area (Å²) in [4.78, 5) is 31.3. The molecule has 1 atom stereocenters. The number of pyridine rings is 1. The number of rotatable bonds is 11. The smallest absolute Gasteiger partial charge is 0.326 e. The van der Waals surface area contributed by atoms with Gasteiger partial charge in [-0.1, -0.05) is 61.3 Å². The van der Waals surface area contributed by atoms with Gasteiger partial charge in [-0.05, 0) is 56.8 Å². The van der Waals surface area contributed by atoms with E-state index in [4.69, 9.17) is 27.9 Å². The van der Waals surface area contributed by atoms with Crippen LogP contribution in [-0.4, -0.2) is 60.2 Å². The number of carboxylic acids is 1. The number of ether oxygens (including phenoxy) is 1. The number of nitrogens with one attached hydrogen (secondary N) is 1. The van der Waals surface area contributed by atoms with Gasteiger partial charge in [-0.25, -0.2) is 9.78 Å². The number of carboxylic acid groups (broad SMARTS) is 1. The highest BCUT2D eigenvalue weighted by Gasteiger charge is 2.25. The van der Waals surface area contributed by atoms with Gasteiger partial charge in [-0.3, -0.25) is 4.79 Å². The Bertz CT molecular complexity index is 1270. The van der Waals surface area contributed by atoms with E-state index in [0.717, 1.165) is 18.5 Å². The van der Waals surface area contributed by atoms with Gasteiger partial charge in [-0.15, -0.1) is 24.8 Å². The SMILES string of the molecule is CC(C)[C@@H](NC(=O)c1ccc(-c2ccccc2Cl)c(-c2ccc(Cl)c(OCCCN(C)C)c2)n1)C(=O)O.Cl.Cl. The Hall–Kier alpha value is -2.55. The van der Waals surface area contributed by atoms with Crippen LogP contribution in [-0.2, 0) is 4.79 Å². The third kappa shape index (κ3) is 9.26. The molecule has 0 saturated heterocycles. The fourth-order valence-corrected chi connectivity index (χ4v) is 4.17. The van der Waals surface area contributed by atoms with Crippen molar-refractivity contribution in [1.29, 1.82) is 0 Å². The van der Waals surface area contributed by atoms with Crippen LogP contribution in [0.15, 0.2) is 54.6 Å². The molecule has 1 aromatic heterocycles. The van der Waals surface area contributed by atoms with Crippen LogP contribution >= 0.6 is 48.0 Å². The molecule has 0 aliphatic rings. The summed E-state index contributed by atoms with van der Waals surface area (Å²) in [5.74, 6) is -1.48. The van der Waals surface area contributed by atoms with Gasteiger partial charge >= 0.3 is 5.97 Å². The fraction of sp³-hybridized carbons (Fsp3) is 0.321. The van der Waals surface area contributed by atoms with E-state index < -0.39 is 17.9 Å². The molecular formula is C28H33Cl4N3O4. The molecule has 2 N–H and O–H groups in total. The standard InChI is InChI=1S/C28H31Cl2N3O4.2ClH/c1-17(2)25(28(35)36)32-27(34)23-13-11-20(19-8-5-6-9-21(19)29)26(31-23)18-10-12-22(30)24(16-18)37-15-7-14-33(3)4;;/h5-6,8-13,16-17,25H,7,14-15H2,1-4H3,(H,32,34)(H,35,36);2*1H/t25-;;/m1../s1. The van der Waals surface area contributed by atoms with Crippen LogP contribution in [0, 0.1) is 5.92 Å². The van der Waals surface area contributed by atoms with Crippen LogP contribution in [0.25, 0.3) is 22.4 Å². The number of aromatic nitrogens is 1. The summed E-state index contributed by atoms with van der Waals surface area (Å²) in [7, 11) is 4.00. The molecule has 2 aromatic carbocycles. The Morgan fingerprint density at radius 3 is 2.31 bits per heavy atom. The van der Waals surface area contributed by atoms with E-state index in [0.29, 0.717) is 39.2 Å². The zero-order chi connectivity index (χ0) is 27.1. The minimum Gasteiger partial charge on any atom is -0.492 e. The Morgan fingerprint density at radius 2 is 1.69 bits per heavy atom. The minimum atomic E-state index is -1.11. The topological polar surface area (TPSA) is 91.8 Å². The molecule has 212 valence electrons. The lowest BCUT2D eigenvalue weighted by Crippen LogP contribution is -2.44. The quantitative estimate of drug-likeness (QED) is 0.232. The largest absolute Gasteiger partial charge is 0.492 e. The summed E-state index contributed by atoms with van der Waals surface area (Å²) in [6.45, 7) is 4.82. The van der Waals surface area contributed by atoms with E-state index in [1.54, 1.807) is 50.2 Å². The van der Waals surface area contributed by atoms with Gasteiger partial charge in [0.2, 0.25) is 0 Å². The molecule has 1 amide bonds. The maximum Gasteiger partial charge on any atom is 0.326 e. The predicted octanol–water partition coefficient (Wildman–Crippen LogP) is 6.74. The van der Waals surface area contributed by atoms with Crippen LogP contribution in [0.5, 0.6) is 5.75 Å². The number of nitrogens with zero attached hydrogens (tertiary/aromatic N) is 2. The van der Waals surface area contributed by atoms with Gasteiger partial charge in [0.1, 0.15) is 17.5 Å². The lowest BCUT2D eigenvalue weighted by molar-refractivity contribution is -0.140. The van der Waals surface area contributed by atoms with Gasteiger partial charge in [0.05, 0.1) is 17.3 Å². The Balaban J connectivity index is 0.00000380. The normalized spacial score (nSPS) is 11.4. The molecule has 0 fully saturated rings. The fourth-order valence-electron chi connectivity index (χ4n) is 3.76. The van der Waals surface area contributed by atoms with Crippen molar-refractivity contribution in [3.05, 3.63) is 70.3 Å². The van der Waals surface area contributed by atoms with Gasteiger partial charge < -0.3 is 20.1 Å². The second-order valence-corrected chi connectivity index (χ2v) is 10.1. The Kier molecular flexibility index (Phi) is 14.1. The van der Waals surface area contributed by atoms with E-state index in [1.807, 2.05) is 32.3 Å². The van der Waals surface area contributed by atoms with E-state index in [-0.39, 0.29) is 36.4 Å². The van der Waals surface area contributed by atoms with Crippen molar-refractivity contribution < 1.29 is 19.4 Å². The number of aliphatic carboxylic acids is 1. The van der Waals surface area contributed by atoms with E-state index in [9.17, 15) is 14.7 Å². The average molecular weight is 617 g/mol. The number of halogens is 4.